The van der Waals surface area contributed by atoms with E-state index in [4.69, 9.17) is 11.6 Å². The van der Waals surface area contributed by atoms with Crippen molar-refractivity contribution in [2.24, 2.45) is 4.99 Å². The zero-order valence-corrected chi connectivity index (χ0v) is 21.9. The summed E-state index contributed by atoms with van der Waals surface area (Å²) in [6.45, 7) is 3.79. The van der Waals surface area contributed by atoms with Crippen LogP contribution in [0.25, 0.3) is 28.1 Å². The third-order valence-corrected chi connectivity index (χ3v) is 7.37. The number of aromatic nitrogens is 1. The summed E-state index contributed by atoms with van der Waals surface area (Å²) < 4.78 is 16.9. The minimum atomic E-state index is -0.605. The van der Waals surface area contributed by atoms with Gasteiger partial charge in [-0.15, -0.1) is 11.3 Å². The average molecular weight is 527 g/mol. The highest BCUT2D eigenvalue weighted by atomic mass is 35.5. The zero-order valence-electron chi connectivity index (χ0n) is 20.4. The third-order valence-electron chi connectivity index (χ3n) is 6.29. The Labute approximate surface area is 224 Å². The summed E-state index contributed by atoms with van der Waals surface area (Å²) in [5.41, 5.74) is 5.78. The molecule has 1 amide bonds. The molecule has 4 aromatic carbocycles. The van der Waals surface area contributed by atoms with Crippen LogP contribution in [0.5, 0.6) is 0 Å². The Bertz CT molecular complexity index is 1620. The lowest BCUT2D eigenvalue weighted by Gasteiger charge is -2.12. The van der Waals surface area contributed by atoms with Gasteiger partial charge in [0.1, 0.15) is 5.82 Å². The molecule has 0 fully saturated rings. The third kappa shape index (κ3) is 5.33. The Kier molecular flexibility index (Phi) is 7.17. The van der Waals surface area contributed by atoms with Crippen LogP contribution in [0.3, 0.4) is 0 Å². The molecule has 1 atom stereocenters. The first kappa shape index (κ1) is 24.9. The molecule has 6 heteroatoms. The van der Waals surface area contributed by atoms with Gasteiger partial charge in [0, 0.05) is 21.7 Å². The fourth-order valence-electron chi connectivity index (χ4n) is 4.14. The maximum atomic E-state index is 15.0. The zero-order chi connectivity index (χ0) is 25.9. The minimum absolute atomic E-state index is 0.336. The van der Waals surface area contributed by atoms with Crippen molar-refractivity contribution in [3.63, 3.8) is 0 Å². The summed E-state index contributed by atoms with van der Waals surface area (Å²) in [6.07, 6.45) is 0. The smallest absolute Gasteiger partial charge is 0.255 e. The number of rotatable bonds is 5. The van der Waals surface area contributed by atoms with E-state index >= 15 is 0 Å². The van der Waals surface area contributed by atoms with Crippen LogP contribution in [0.4, 0.5) is 4.39 Å². The summed E-state index contributed by atoms with van der Waals surface area (Å²) in [4.78, 5) is 18.3. The number of hydrogen-bond donors (Lipinski definition) is 0. The molecule has 0 bridgehead atoms. The van der Waals surface area contributed by atoms with Gasteiger partial charge in [-0.05, 0) is 60.9 Å². The van der Waals surface area contributed by atoms with Crippen LogP contribution < -0.4 is 4.80 Å². The second-order valence-corrected chi connectivity index (χ2v) is 10.1. The van der Waals surface area contributed by atoms with Crippen molar-refractivity contribution in [2.75, 3.05) is 0 Å². The molecule has 184 valence electrons. The van der Waals surface area contributed by atoms with E-state index in [1.54, 1.807) is 19.1 Å². The summed E-state index contributed by atoms with van der Waals surface area (Å²) >= 11 is 7.49. The van der Waals surface area contributed by atoms with Crippen molar-refractivity contribution in [1.29, 1.82) is 0 Å². The molecule has 0 spiro atoms. The maximum absolute atomic E-state index is 15.0. The van der Waals surface area contributed by atoms with Gasteiger partial charge in [-0.2, -0.15) is 4.99 Å². The first-order valence-corrected chi connectivity index (χ1v) is 13.1. The molecule has 0 radical (unpaired) electrons. The van der Waals surface area contributed by atoms with Crippen molar-refractivity contribution < 1.29 is 9.18 Å². The van der Waals surface area contributed by atoms with Gasteiger partial charge in [-0.3, -0.25) is 9.36 Å². The van der Waals surface area contributed by atoms with E-state index in [1.165, 1.54) is 17.4 Å². The second-order valence-electron chi connectivity index (χ2n) is 8.86. The number of halogens is 2. The topological polar surface area (TPSA) is 34.4 Å². The lowest BCUT2D eigenvalue weighted by molar-refractivity contribution is -0.119. The first-order valence-electron chi connectivity index (χ1n) is 11.9. The van der Waals surface area contributed by atoms with Crippen LogP contribution in [0, 0.1) is 12.7 Å². The maximum Gasteiger partial charge on any atom is 0.255 e. The van der Waals surface area contributed by atoms with E-state index in [2.05, 4.69) is 4.99 Å². The Morgan fingerprint density at radius 3 is 2.30 bits per heavy atom. The molecule has 5 aromatic rings. The molecule has 1 aromatic heterocycles. The molecule has 1 heterocycles. The number of nitrogens with zero attached hydrogens (tertiary/aromatic N) is 2. The highest BCUT2D eigenvalue weighted by Crippen LogP contribution is 2.28. The highest BCUT2D eigenvalue weighted by Gasteiger charge is 2.18. The van der Waals surface area contributed by atoms with Crippen LogP contribution in [-0.4, -0.2) is 10.5 Å². The van der Waals surface area contributed by atoms with Gasteiger partial charge >= 0.3 is 0 Å². The van der Waals surface area contributed by atoms with E-state index in [1.807, 2.05) is 95.7 Å². The summed E-state index contributed by atoms with van der Waals surface area (Å²) in [6, 6.07) is 29.9. The Morgan fingerprint density at radius 2 is 1.62 bits per heavy atom. The Balaban J connectivity index is 1.53. The lowest BCUT2D eigenvalue weighted by atomic mass is 9.96. The second kappa shape index (κ2) is 10.7. The van der Waals surface area contributed by atoms with Gasteiger partial charge < -0.3 is 0 Å². The van der Waals surface area contributed by atoms with Crippen molar-refractivity contribution in [3.05, 3.63) is 129 Å². The predicted octanol–water partition coefficient (Wildman–Crippen LogP) is 8.20. The number of carbonyl (C=O) groups excluding carboxylic acids is 1. The molecule has 0 saturated carbocycles. The molecule has 5 rings (SSSR count). The molecule has 3 nitrogen and oxygen atoms in total. The summed E-state index contributed by atoms with van der Waals surface area (Å²) in [5.74, 6) is -1.30. The van der Waals surface area contributed by atoms with Gasteiger partial charge in [0.05, 0.1) is 11.6 Å². The van der Waals surface area contributed by atoms with E-state index in [0.717, 1.165) is 28.1 Å². The molecule has 0 aliphatic carbocycles. The monoisotopic (exact) mass is 526 g/mol. The van der Waals surface area contributed by atoms with E-state index < -0.39 is 5.92 Å². The molecule has 37 heavy (non-hydrogen) atoms. The van der Waals surface area contributed by atoms with Gasteiger partial charge in [-0.25, -0.2) is 4.39 Å². The normalized spacial score (nSPS) is 12.5. The van der Waals surface area contributed by atoms with Crippen molar-refractivity contribution in [1.82, 2.24) is 4.57 Å². The number of carbonyl (C=O) groups is 1. The quantitative estimate of drug-likeness (QED) is 0.227. The number of amides is 1. The standard InChI is InChI=1S/C31H24ClFN2OS/c1-20-8-15-26(16-9-20)35-29(23-10-13-25(32)14-11-23)19-37-31(35)34-30(36)21(2)24-12-17-27(28(33)18-24)22-6-4-3-5-7-22/h3-19,21H,1-2H3. The first-order chi connectivity index (χ1) is 17.9. The number of aryl methyl sites for hydroxylation is 1. The average Bonchev–Trinajstić information content (AvgIpc) is 3.32. The van der Waals surface area contributed by atoms with Gasteiger partial charge in [-0.1, -0.05) is 83.9 Å². The van der Waals surface area contributed by atoms with E-state index in [0.29, 0.717) is 21.0 Å². The fourth-order valence-corrected chi connectivity index (χ4v) is 5.18. The largest absolute Gasteiger partial charge is 0.285 e. The van der Waals surface area contributed by atoms with Crippen LogP contribution >= 0.6 is 22.9 Å². The number of benzene rings is 4. The Hall–Kier alpha value is -3.80. The van der Waals surface area contributed by atoms with Gasteiger partial charge in [0.15, 0.2) is 4.80 Å². The summed E-state index contributed by atoms with van der Waals surface area (Å²) in [5, 5.41) is 2.63. The SMILES string of the molecule is Cc1ccc(-n2c(-c3ccc(Cl)cc3)csc2=NC(=O)C(C)c2ccc(-c3ccccc3)c(F)c2)cc1. The molecular weight excluding hydrogens is 503 g/mol. The number of thiazole rings is 1. The fraction of sp³-hybridized carbons (Fsp3) is 0.0968. The lowest BCUT2D eigenvalue weighted by Crippen LogP contribution is -2.18. The molecule has 0 aliphatic rings. The van der Waals surface area contributed by atoms with Gasteiger partial charge in [0.25, 0.3) is 5.91 Å². The minimum Gasteiger partial charge on any atom is -0.285 e. The van der Waals surface area contributed by atoms with Gasteiger partial charge in [0.2, 0.25) is 0 Å². The molecule has 1 unspecified atom stereocenters. The van der Waals surface area contributed by atoms with Crippen molar-refractivity contribution >= 4 is 28.8 Å². The number of hydrogen-bond acceptors (Lipinski definition) is 2. The molecule has 0 aliphatic heterocycles. The van der Waals surface area contributed by atoms with Crippen LogP contribution in [0.15, 0.2) is 107 Å². The van der Waals surface area contributed by atoms with E-state index in [-0.39, 0.29) is 11.7 Å². The van der Waals surface area contributed by atoms with Crippen molar-refractivity contribution in [2.45, 2.75) is 19.8 Å². The van der Waals surface area contributed by atoms with E-state index in [9.17, 15) is 9.18 Å². The molecule has 0 saturated heterocycles. The summed E-state index contributed by atoms with van der Waals surface area (Å²) in [7, 11) is 0. The Morgan fingerprint density at radius 1 is 0.919 bits per heavy atom. The van der Waals surface area contributed by atoms with Crippen LogP contribution in [0.1, 0.15) is 24.0 Å². The molecular formula is C31H24ClFN2OS. The molecule has 0 N–H and O–H groups in total. The van der Waals surface area contributed by atoms with Crippen LogP contribution in [0.2, 0.25) is 5.02 Å². The van der Waals surface area contributed by atoms with Crippen LogP contribution in [-0.2, 0) is 4.79 Å². The van der Waals surface area contributed by atoms with Crippen molar-refractivity contribution in [3.8, 4) is 28.1 Å². The predicted molar refractivity (Wildman–Crippen MR) is 150 cm³/mol. The highest BCUT2D eigenvalue weighted by molar-refractivity contribution is 7.07.